The van der Waals surface area contributed by atoms with Gasteiger partial charge in [0, 0.05) is 56.5 Å². The molecule has 1 saturated heterocycles. The SMILES string of the molecule is CN(CCNC(=O)CCCCN=C(N)N)C(=O)Oc1ccc2c3c1O[C@H]1C(=O)CCC4[C@@H](C2)N(C)CC[C@@]341. The van der Waals surface area contributed by atoms with E-state index in [0.717, 1.165) is 31.4 Å². The molecule has 11 nitrogen and oxygen atoms in total. The van der Waals surface area contributed by atoms with Crippen LogP contribution in [-0.4, -0.2) is 86.0 Å². The van der Waals surface area contributed by atoms with Crippen molar-refractivity contribution in [1.29, 1.82) is 0 Å². The molecule has 2 fully saturated rings. The van der Waals surface area contributed by atoms with Crippen LogP contribution in [-0.2, 0) is 21.4 Å². The van der Waals surface area contributed by atoms with Gasteiger partial charge < -0.3 is 36.1 Å². The van der Waals surface area contributed by atoms with E-state index in [0.29, 0.717) is 68.8 Å². The lowest BCUT2D eigenvalue weighted by molar-refractivity contribution is -0.138. The van der Waals surface area contributed by atoms with Crippen LogP contribution in [0.25, 0.3) is 0 Å². The number of likely N-dealkylation sites (tertiary alicyclic amines) is 1. The minimum Gasteiger partial charge on any atom is -0.477 e. The van der Waals surface area contributed by atoms with Gasteiger partial charge in [0.1, 0.15) is 0 Å². The number of carbonyl (C=O) groups is 3. The van der Waals surface area contributed by atoms with Gasteiger partial charge in [-0.2, -0.15) is 0 Å². The van der Waals surface area contributed by atoms with Crippen LogP contribution >= 0.6 is 0 Å². The van der Waals surface area contributed by atoms with E-state index in [1.54, 1.807) is 13.1 Å². The van der Waals surface area contributed by atoms with Crippen LogP contribution in [0.1, 0.15) is 49.7 Å². The Kier molecular flexibility index (Phi) is 7.21. The topological polar surface area (TPSA) is 153 Å². The molecule has 5 N–H and O–H groups in total. The molecule has 1 saturated carbocycles. The summed E-state index contributed by atoms with van der Waals surface area (Å²) in [5.41, 5.74) is 12.5. The first-order valence-electron chi connectivity index (χ1n) is 13.5. The highest BCUT2D eigenvalue weighted by Gasteiger charge is 2.65. The number of hydrogen-bond donors (Lipinski definition) is 3. The van der Waals surface area contributed by atoms with Crippen LogP contribution in [0.4, 0.5) is 4.79 Å². The largest absolute Gasteiger partial charge is 0.477 e. The van der Waals surface area contributed by atoms with E-state index in [2.05, 4.69) is 22.3 Å². The fourth-order valence-electron chi connectivity index (χ4n) is 6.91. The van der Waals surface area contributed by atoms with Gasteiger partial charge in [0.15, 0.2) is 29.3 Å². The van der Waals surface area contributed by atoms with Gasteiger partial charge in [-0.15, -0.1) is 0 Å². The molecule has 11 heteroatoms. The van der Waals surface area contributed by atoms with Crippen molar-refractivity contribution in [2.75, 3.05) is 40.3 Å². The van der Waals surface area contributed by atoms with Crippen molar-refractivity contribution in [3.63, 3.8) is 0 Å². The number of Topliss-reactive ketones (excluding diaryl/α,β-unsaturated/α-hetero) is 1. The summed E-state index contributed by atoms with van der Waals surface area (Å²) in [7, 11) is 3.80. The zero-order valence-electron chi connectivity index (χ0n) is 22.2. The molecule has 2 amide bonds. The molecule has 0 radical (unpaired) electrons. The summed E-state index contributed by atoms with van der Waals surface area (Å²) in [6, 6.07) is 4.22. The Labute approximate surface area is 222 Å². The number of benzene rings is 1. The predicted octanol–water partition coefficient (Wildman–Crippen LogP) is 0.915. The Morgan fingerprint density at radius 1 is 1.32 bits per heavy atom. The second kappa shape index (κ2) is 10.4. The van der Waals surface area contributed by atoms with Crippen molar-refractivity contribution < 1.29 is 23.9 Å². The third kappa shape index (κ3) is 4.57. The number of hydrogen-bond acceptors (Lipinski definition) is 7. The Morgan fingerprint density at radius 3 is 2.92 bits per heavy atom. The summed E-state index contributed by atoms with van der Waals surface area (Å²) < 4.78 is 12.2. The van der Waals surface area contributed by atoms with Crippen molar-refractivity contribution >= 4 is 23.7 Å². The molecule has 1 aromatic rings. The monoisotopic (exact) mass is 526 g/mol. The maximum absolute atomic E-state index is 13.0. The van der Waals surface area contributed by atoms with Gasteiger partial charge in [-0.05, 0) is 63.2 Å². The fourth-order valence-corrected chi connectivity index (χ4v) is 6.91. The van der Waals surface area contributed by atoms with E-state index < -0.39 is 12.2 Å². The van der Waals surface area contributed by atoms with Gasteiger partial charge >= 0.3 is 6.09 Å². The maximum atomic E-state index is 13.0. The fraction of sp³-hybridized carbons (Fsp3) is 0.630. The molecule has 4 aliphatic rings. The van der Waals surface area contributed by atoms with Crippen molar-refractivity contribution in [3.8, 4) is 11.5 Å². The van der Waals surface area contributed by atoms with Crippen LogP contribution in [0.5, 0.6) is 11.5 Å². The summed E-state index contributed by atoms with van der Waals surface area (Å²) in [5, 5.41) is 2.82. The molecule has 1 spiro atoms. The Morgan fingerprint density at radius 2 is 2.13 bits per heavy atom. The summed E-state index contributed by atoms with van der Waals surface area (Å²) in [6.45, 7) is 2.01. The molecular weight excluding hydrogens is 488 g/mol. The van der Waals surface area contributed by atoms with E-state index in [4.69, 9.17) is 20.9 Å². The summed E-state index contributed by atoms with van der Waals surface area (Å²) in [5.74, 6) is 1.39. The first-order chi connectivity index (χ1) is 18.2. The van der Waals surface area contributed by atoms with Crippen molar-refractivity contribution in [2.24, 2.45) is 22.4 Å². The average Bonchev–Trinajstić information content (AvgIpc) is 3.24. The lowest BCUT2D eigenvalue weighted by atomic mass is 9.52. The molecule has 2 aliphatic carbocycles. The third-order valence-electron chi connectivity index (χ3n) is 8.76. The number of likely N-dealkylation sites (N-methyl/N-ethyl adjacent to an activating group) is 2. The van der Waals surface area contributed by atoms with Crippen LogP contribution in [0.15, 0.2) is 17.1 Å². The first-order valence-corrected chi connectivity index (χ1v) is 13.5. The molecule has 4 atom stereocenters. The molecule has 1 unspecified atom stereocenters. The zero-order valence-corrected chi connectivity index (χ0v) is 22.2. The zero-order chi connectivity index (χ0) is 27.0. The normalized spacial score (nSPS) is 26.7. The number of guanidine groups is 1. The van der Waals surface area contributed by atoms with E-state index in [9.17, 15) is 14.4 Å². The highest BCUT2D eigenvalue weighted by atomic mass is 16.6. The number of ketones is 1. The molecule has 38 heavy (non-hydrogen) atoms. The molecule has 5 rings (SSSR count). The molecule has 2 aliphatic heterocycles. The number of carbonyl (C=O) groups excluding carboxylic acids is 3. The molecule has 2 bridgehead atoms. The Balaban J connectivity index is 1.20. The van der Waals surface area contributed by atoms with Gasteiger partial charge in [0.05, 0.1) is 0 Å². The summed E-state index contributed by atoms with van der Waals surface area (Å²) in [4.78, 5) is 45.7. The van der Waals surface area contributed by atoms with E-state index in [-0.39, 0.29) is 23.1 Å². The minimum absolute atomic E-state index is 0.0474. The predicted molar refractivity (Wildman–Crippen MR) is 141 cm³/mol. The number of rotatable bonds is 9. The number of nitrogens with one attached hydrogen (secondary N) is 1. The number of unbranched alkanes of at least 4 members (excludes halogenated alkanes) is 1. The van der Waals surface area contributed by atoms with Crippen LogP contribution < -0.4 is 26.3 Å². The van der Waals surface area contributed by atoms with E-state index in [1.165, 1.54) is 10.5 Å². The number of piperidine rings is 1. The van der Waals surface area contributed by atoms with Gasteiger partial charge in [0.25, 0.3) is 0 Å². The highest BCUT2D eigenvalue weighted by molar-refractivity contribution is 5.89. The smallest absolute Gasteiger partial charge is 0.415 e. The van der Waals surface area contributed by atoms with Gasteiger partial charge in [-0.3, -0.25) is 14.6 Å². The van der Waals surface area contributed by atoms with Crippen molar-refractivity contribution in [3.05, 3.63) is 23.3 Å². The number of amides is 2. The molecule has 2 heterocycles. The Bertz CT molecular complexity index is 1150. The van der Waals surface area contributed by atoms with Crippen LogP contribution in [0, 0.1) is 5.92 Å². The summed E-state index contributed by atoms with van der Waals surface area (Å²) in [6.07, 6.45) is 3.90. The van der Waals surface area contributed by atoms with E-state index in [1.807, 2.05) is 6.07 Å². The Hall–Kier alpha value is -3.34. The average molecular weight is 527 g/mol. The number of aliphatic imine (C=N–C) groups is 1. The van der Waals surface area contributed by atoms with Crippen molar-refractivity contribution in [1.82, 2.24) is 15.1 Å². The molecular formula is C27H38N6O5. The lowest BCUT2D eigenvalue weighted by Crippen LogP contribution is -2.65. The number of nitrogens with zero attached hydrogens (tertiary/aromatic N) is 3. The van der Waals surface area contributed by atoms with E-state index >= 15 is 0 Å². The second-order valence-corrected chi connectivity index (χ2v) is 11.0. The van der Waals surface area contributed by atoms with Gasteiger partial charge in [0.2, 0.25) is 5.91 Å². The summed E-state index contributed by atoms with van der Waals surface area (Å²) >= 11 is 0. The first kappa shape index (κ1) is 26.3. The minimum atomic E-state index is -0.538. The second-order valence-electron chi connectivity index (χ2n) is 11.0. The molecule has 0 aromatic heterocycles. The van der Waals surface area contributed by atoms with Crippen LogP contribution in [0.2, 0.25) is 0 Å². The van der Waals surface area contributed by atoms with Gasteiger partial charge in [-0.1, -0.05) is 6.07 Å². The number of ether oxygens (including phenoxy) is 2. The maximum Gasteiger partial charge on any atom is 0.415 e. The van der Waals surface area contributed by atoms with Crippen molar-refractivity contribution in [2.45, 2.75) is 62.5 Å². The van der Waals surface area contributed by atoms with Gasteiger partial charge in [-0.25, -0.2) is 4.79 Å². The standard InChI is InChI=1S/C27H38N6O5/c1-32-13-10-27-17-7-8-19(34)24(27)38-23-20(9-6-16(22(23)27)15-18(17)32)37-26(36)33(2)14-12-30-21(35)5-3-4-11-31-25(28)29/h6,9,17-18,24H,3-5,7-8,10-15H2,1-2H3,(H,30,35)(H4,28,29,31)/t17?,18-,24+,27+/m1/s1. The molecule has 206 valence electrons. The quantitative estimate of drug-likeness (QED) is 0.244. The third-order valence-corrected chi connectivity index (χ3v) is 8.76. The number of nitrogens with two attached hydrogens (primary N) is 2. The molecule has 1 aromatic carbocycles. The lowest BCUT2D eigenvalue weighted by Gasteiger charge is -2.57. The highest BCUT2D eigenvalue weighted by Crippen LogP contribution is 2.63. The van der Waals surface area contributed by atoms with Crippen LogP contribution in [0.3, 0.4) is 0 Å².